The molecular formula is C25H22OSi. The molecule has 0 spiro atoms. The standard InChI is InChI=1S/C25H22OSi/c1-26-24-19-11-12-20-25(24)27(21-13-5-2-6-14-21,22-15-7-3-8-16-22)23-17-9-4-10-18-23/h2-20H,1H3. The lowest BCUT2D eigenvalue weighted by molar-refractivity contribution is 0.418. The Morgan fingerprint density at radius 3 is 1.26 bits per heavy atom. The van der Waals surface area contributed by atoms with E-state index in [0.717, 1.165) is 5.75 Å². The minimum atomic E-state index is -2.49. The Morgan fingerprint density at radius 2 is 0.852 bits per heavy atom. The van der Waals surface area contributed by atoms with E-state index in [1.807, 2.05) is 6.07 Å². The molecule has 0 aliphatic rings. The molecule has 0 unspecified atom stereocenters. The highest BCUT2D eigenvalue weighted by atomic mass is 28.3. The van der Waals surface area contributed by atoms with Crippen LogP contribution in [0.25, 0.3) is 0 Å². The van der Waals surface area contributed by atoms with Crippen molar-refractivity contribution in [3.63, 3.8) is 0 Å². The maximum Gasteiger partial charge on any atom is 0.183 e. The fraction of sp³-hybridized carbons (Fsp3) is 0.0400. The maximum atomic E-state index is 5.85. The SMILES string of the molecule is COc1ccccc1[Si](c1ccccc1)(c1ccccc1)c1ccccc1. The molecule has 0 bridgehead atoms. The zero-order valence-corrected chi connectivity index (χ0v) is 16.4. The van der Waals surface area contributed by atoms with Crippen LogP contribution in [0.5, 0.6) is 5.75 Å². The van der Waals surface area contributed by atoms with Gasteiger partial charge in [0, 0.05) is 0 Å². The molecule has 0 N–H and O–H groups in total. The Kier molecular flexibility index (Phi) is 4.90. The number of hydrogen-bond donors (Lipinski definition) is 0. The molecule has 0 aromatic heterocycles. The van der Waals surface area contributed by atoms with Gasteiger partial charge in [-0.05, 0) is 26.8 Å². The van der Waals surface area contributed by atoms with Gasteiger partial charge in [0.25, 0.3) is 0 Å². The van der Waals surface area contributed by atoms with E-state index in [4.69, 9.17) is 4.74 Å². The summed E-state index contributed by atoms with van der Waals surface area (Å²) < 4.78 is 5.85. The normalized spacial score (nSPS) is 11.1. The van der Waals surface area contributed by atoms with Gasteiger partial charge in [-0.15, -0.1) is 0 Å². The van der Waals surface area contributed by atoms with Crippen LogP contribution in [0.15, 0.2) is 115 Å². The molecule has 2 heteroatoms. The molecule has 0 atom stereocenters. The molecule has 0 fully saturated rings. The molecule has 4 aromatic carbocycles. The van der Waals surface area contributed by atoms with E-state index in [1.54, 1.807) is 7.11 Å². The molecule has 0 aliphatic heterocycles. The third-order valence-electron chi connectivity index (χ3n) is 5.13. The van der Waals surface area contributed by atoms with Gasteiger partial charge in [0.1, 0.15) is 5.75 Å². The van der Waals surface area contributed by atoms with Crippen molar-refractivity contribution >= 4 is 28.8 Å². The van der Waals surface area contributed by atoms with Crippen LogP contribution in [0.4, 0.5) is 0 Å². The Hall–Kier alpha value is -3.10. The second-order valence-corrected chi connectivity index (χ2v) is 10.3. The van der Waals surface area contributed by atoms with Crippen LogP contribution in [-0.4, -0.2) is 15.2 Å². The molecule has 27 heavy (non-hydrogen) atoms. The van der Waals surface area contributed by atoms with E-state index in [1.165, 1.54) is 20.7 Å². The van der Waals surface area contributed by atoms with Crippen molar-refractivity contribution in [2.75, 3.05) is 7.11 Å². The minimum Gasteiger partial charge on any atom is -0.497 e. The van der Waals surface area contributed by atoms with Crippen LogP contribution in [0, 0.1) is 0 Å². The number of benzene rings is 4. The molecule has 0 saturated heterocycles. The van der Waals surface area contributed by atoms with E-state index in [-0.39, 0.29) is 0 Å². The van der Waals surface area contributed by atoms with Crippen LogP contribution in [-0.2, 0) is 0 Å². The number of methoxy groups -OCH3 is 1. The third-order valence-corrected chi connectivity index (χ3v) is 9.95. The average molecular weight is 367 g/mol. The zero-order chi connectivity index (χ0) is 18.5. The summed E-state index contributed by atoms with van der Waals surface area (Å²) in [6.07, 6.45) is 0. The summed E-state index contributed by atoms with van der Waals surface area (Å²) in [5, 5.41) is 5.34. The monoisotopic (exact) mass is 366 g/mol. The molecule has 0 radical (unpaired) electrons. The van der Waals surface area contributed by atoms with Crippen molar-refractivity contribution in [1.29, 1.82) is 0 Å². The smallest absolute Gasteiger partial charge is 0.183 e. The molecule has 4 rings (SSSR count). The van der Waals surface area contributed by atoms with Gasteiger partial charge >= 0.3 is 0 Å². The van der Waals surface area contributed by atoms with Gasteiger partial charge in [-0.1, -0.05) is 109 Å². The third kappa shape index (κ3) is 2.98. The van der Waals surface area contributed by atoms with Crippen molar-refractivity contribution in [2.24, 2.45) is 0 Å². The van der Waals surface area contributed by atoms with Crippen molar-refractivity contribution in [2.45, 2.75) is 0 Å². The predicted molar refractivity (Wildman–Crippen MR) is 117 cm³/mol. The molecule has 0 heterocycles. The average Bonchev–Trinajstić information content (AvgIpc) is 2.77. The fourth-order valence-electron chi connectivity index (χ4n) is 3.99. The number of ether oxygens (including phenoxy) is 1. The summed E-state index contributed by atoms with van der Waals surface area (Å²) >= 11 is 0. The van der Waals surface area contributed by atoms with Crippen LogP contribution in [0.1, 0.15) is 0 Å². The molecule has 4 aromatic rings. The Balaban J connectivity index is 2.17. The van der Waals surface area contributed by atoms with E-state index >= 15 is 0 Å². The van der Waals surface area contributed by atoms with Crippen molar-refractivity contribution < 1.29 is 4.74 Å². The van der Waals surface area contributed by atoms with Gasteiger partial charge in [0.05, 0.1) is 7.11 Å². The predicted octanol–water partition coefficient (Wildman–Crippen LogP) is 3.07. The Labute approximate surface area is 161 Å². The summed E-state index contributed by atoms with van der Waals surface area (Å²) in [5.41, 5.74) is 0. The highest BCUT2D eigenvalue weighted by Crippen LogP contribution is 2.16. The lowest BCUT2D eigenvalue weighted by atomic mass is 10.3. The van der Waals surface area contributed by atoms with Gasteiger partial charge in [0.15, 0.2) is 8.07 Å². The lowest BCUT2D eigenvalue weighted by Gasteiger charge is -2.35. The first-order valence-electron chi connectivity index (χ1n) is 9.17. The van der Waals surface area contributed by atoms with Crippen LogP contribution >= 0.6 is 0 Å². The molecule has 0 amide bonds. The Morgan fingerprint density at radius 1 is 0.481 bits per heavy atom. The minimum absolute atomic E-state index is 0.945. The number of hydrogen-bond acceptors (Lipinski definition) is 1. The first-order valence-corrected chi connectivity index (χ1v) is 11.2. The van der Waals surface area contributed by atoms with Gasteiger partial charge in [-0.25, -0.2) is 0 Å². The molecule has 132 valence electrons. The van der Waals surface area contributed by atoms with Gasteiger partial charge in [-0.2, -0.15) is 0 Å². The summed E-state index contributed by atoms with van der Waals surface area (Å²) in [4.78, 5) is 0. The largest absolute Gasteiger partial charge is 0.497 e. The number of rotatable bonds is 5. The molecule has 0 saturated carbocycles. The van der Waals surface area contributed by atoms with Crippen molar-refractivity contribution in [3.8, 4) is 5.75 Å². The van der Waals surface area contributed by atoms with E-state index in [9.17, 15) is 0 Å². The maximum absolute atomic E-state index is 5.85. The Bertz CT molecular complexity index is 901. The van der Waals surface area contributed by atoms with Gasteiger partial charge in [-0.3, -0.25) is 0 Å². The highest BCUT2D eigenvalue weighted by molar-refractivity contribution is 7.20. The molecule has 0 aliphatic carbocycles. The first-order chi connectivity index (χ1) is 13.4. The first kappa shape index (κ1) is 17.3. The molecular weight excluding hydrogens is 344 g/mol. The van der Waals surface area contributed by atoms with E-state index < -0.39 is 8.07 Å². The summed E-state index contributed by atoms with van der Waals surface area (Å²) in [6.45, 7) is 0. The molecule has 1 nitrogen and oxygen atoms in total. The zero-order valence-electron chi connectivity index (χ0n) is 15.4. The highest BCUT2D eigenvalue weighted by Gasteiger charge is 2.43. The van der Waals surface area contributed by atoms with Crippen LogP contribution < -0.4 is 25.5 Å². The summed E-state index contributed by atoms with van der Waals surface area (Å²) in [6, 6.07) is 41.1. The second-order valence-electron chi connectivity index (χ2n) is 6.55. The lowest BCUT2D eigenvalue weighted by Crippen LogP contribution is -2.74. The fourth-order valence-corrected chi connectivity index (χ4v) is 8.90. The van der Waals surface area contributed by atoms with Crippen LogP contribution in [0.2, 0.25) is 0 Å². The summed E-state index contributed by atoms with van der Waals surface area (Å²) in [7, 11) is -0.728. The number of para-hydroxylation sites is 1. The quantitative estimate of drug-likeness (QED) is 0.390. The topological polar surface area (TPSA) is 9.23 Å². The van der Waals surface area contributed by atoms with Crippen molar-refractivity contribution in [1.82, 2.24) is 0 Å². The van der Waals surface area contributed by atoms with E-state index in [2.05, 4.69) is 109 Å². The van der Waals surface area contributed by atoms with E-state index in [0.29, 0.717) is 0 Å². The second kappa shape index (κ2) is 7.64. The summed E-state index contributed by atoms with van der Waals surface area (Å²) in [5.74, 6) is 0.945. The van der Waals surface area contributed by atoms with Crippen LogP contribution in [0.3, 0.4) is 0 Å². The van der Waals surface area contributed by atoms with Gasteiger partial charge in [0.2, 0.25) is 0 Å². The van der Waals surface area contributed by atoms with Crippen molar-refractivity contribution in [3.05, 3.63) is 115 Å². The van der Waals surface area contributed by atoms with Gasteiger partial charge < -0.3 is 4.74 Å².